The van der Waals surface area contributed by atoms with E-state index in [2.05, 4.69) is 0 Å². The zero-order valence-electron chi connectivity index (χ0n) is 8.03. The molecule has 1 aromatic rings. The molecule has 0 amide bonds. The van der Waals surface area contributed by atoms with E-state index in [0.717, 1.165) is 11.1 Å². The van der Waals surface area contributed by atoms with Gasteiger partial charge in [-0.1, -0.05) is 0 Å². The van der Waals surface area contributed by atoms with Crippen LogP contribution in [-0.4, -0.2) is 10.2 Å². The van der Waals surface area contributed by atoms with Crippen LogP contribution in [0, 0.1) is 0 Å². The van der Waals surface area contributed by atoms with Crippen molar-refractivity contribution < 1.29 is 10.2 Å². The summed E-state index contributed by atoms with van der Waals surface area (Å²) >= 11 is 0. The van der Waals surface area contributed by atoms with Gasteiger partial charge in [0.15, 0.2) is 0 Å². The molecule has 4 rings (SSSR count). The van der Waals surface area contributed by atoms with E-state index < -0.39 is 0 Å². The van der Waals surface area contributed by atoms with Gasteiger partial charge in [0.2, 0.25) is 0 Å². The number of rotatable bonds is 0. The molecule has 1 aromatic carbocycles. The predicted molar refractivity (Wildman–Crippen MR) is 53.7 cm³/mol. The molecule has 0 aromatic heterocycles. The molecule has 0 unspecified atom stereocenters. The first-order chi connectivity index (χ1) is 6.77. The lowest BCUT2D eigenvalue weighted by Gasteiger charge is -2.38. The van der Waals surface area contributed by atoms with Gasteiger partial charge in [-0.2, -0.15) is 0 Å². The van der Waals surface area contributed by atoms with Crippen LogP contribution in [0.4, 0.5) is 0 Å². The number of fused-ring (bicyclic) bond motifs is 2. The molecule has 0 spiro atoms. The Morgan fingerprint density at radius 2 is 1.14 bits per heavy atom. The molecule has 0 saturated heterocycles. The van der Waals surface area contributed by atoms with Crippen LogP contribution in [0.1, 0.15) is 48.6 Å². The van der Waals surface area contributed by atoms with Crippen molar-refractivity contribution in [2.75, 3.05) is 0 Å². The average molecular weight is 190 g/mol. The first-order valence-electron chi connectivity index (χ1n) is 5.32. The lowest BCUT2D eigenvalue weighted by molar-refractivity contribution is 0.329. The third-order valence-electron chi connectivity index (χ3n) is 3.78. The fourth-order valence-electron chi connectivity index (χ4n) is 3.14. The highest BCUT2D eigenvalue weighted by Crippen LogP contribution is 2.54. The molecule has 14 heavy (non-hydrogen) atoms. The summed E-state index contributed by atoms with van der Waals surface area (Å²) in [6.07, 6.45) is 4.70. The third-order valence-corrected chi connectivity index (χ3v) is 3.78. The van der Waals surface area contributed by atoms with Crippen LogP contribution in [0.2, 0.25) is 0 Å². The molecule has 0 radical (unpaired) electrons. The van der Waals surface area contributed by atoms with Crippen molar-refractivity contribution >= 4 is 0 Å². The van der Waals surface area contributed by atoms with Gasteiger partial charge >= 0.3 is 0 Å². The molecule has 0 atom stereocenters. The van der Waals surface area contributed by atoms with Crippen molar-refractivity contribution in [2.45, 2.75) is 37.5 Å². The number of phenols is 2. The van der Waals surface area contributed by atoms with E-state index in [-0.39, 0.29) is 0 Å². The SMILES string of the molecule is Oc1ccc(O)c2c1C1CCC2CC1. The monoisotopic (exact) mass is 190 g/mol. The van der Waals surface area contributed by atoms with Gasteiger partial charge in [-0.25, -0.2) is 0 Å². The Balaban J connectivity index is 2.27. The van der Waals surface area contributed by atoms with Gasteiger partial charge in [-0.3, -0.25) is 0 Å². The summed E-state index contributed by atoms with van der Waals surface area (Å²) in [6, 6.07) is 3.24. The summed E-state index contributed by atoms with van der Waals surface area (Å²) in [5, 5.41) is 19.6. The Hall–Kier alpha value is -1.18. The Kier molecular flexibility index (Phi) is 1.55. The van der Waals surface area contributed by atoms with Crippen LogP contribution in [0.3, 0.4) is 0 Å². The minimum atomic E-state index is 0.382. The maximum atomic E-state index is 9.79. The zero-order chi connectivity index (χ0) is 9.71. The molecule has 3 aliphatic carbocycles. The number of hydrogen-bond acceptors (Lipinski definition) is 2. The minimum absolute atomic E-state index is 0.382. The van der Waals surface area contributed by atoms with E-state index in [9.17, 15) is 10.2 Å². The number of aromatic hydroxyl groups is 2. The molecule has 0 aliphatic heterocycles. The van der Waals surface area contributed by atoms with Crippen molar-refractivity contribution in [2.24, 2.45) is 0 Å². The summed E-state index contributed by atoms with van der Waals surface area (Å²) in [7, 11) is 0. The Morgan fingerprint density at radius 1 is 0.786 bits per heavy atom. The second kappa shape index (κ2) is 2.66. The van der Waals surface area contributed by atoms with Crippen molar-refractivity contribution in [1.82, 2.24) is 0 Å². The van der Waals surface area contributed by atoms with E-state index in [4.69, 9.17) is 0 Å². The molecule has 74 valence electrons. The van der Waals surface area contributed by atoms with Gasteiger partial charge in [0.1, 0.15) is 11.5 Å². The second-order valence-corrected chi connectivity index (χ2v) is 4.48. The predicted octanol–water partition coefficient (Wildman–Crippen LogP) is 2.85. The van der Waals surface area contributed by atoms with Gasteiger partial charge in [-0.15, -0.1) is 0 Å². The summed E-state index contributed by atoms with van der Waals surface area (Å²) in [4.78, 5) is 0. The lowest BCUT2D eigenvalue weighted by Crippen LogP contribution is -2.21. The van der Waals surface area contributed by atoms with Gasteiger partial charge < -0.3 is 10.2 Å². The summed E-state index contributed by atoms with van der Waals surface area (Å²) < 4.78 is 0. The maximum Gasteiger partial charge on any atom is 0.119 e. The highest BCUT2D eigenvalue weighted by Gasteiger charge is 2.36. The zero-order valence-corrected chi connectivity index (χ0v) is 8.03. The Morgan fingerprint density at radius 3 is 1.50 bits per heavy atom. The van der Waals surface area contributed by atoms with Crippen molar-refractivity contribution in [1.29, 1.82) is 0 Å². The maximum absolute atomic E-state index is 9.79. The van der Waals surface area contributed by atoms with Crippen molar-refractivity contribution in [3.8, 4) is 11.5 Å². The standard InChI is InChI=1S/C12H14O2/c13-9-5-6-10(14)12-8-2-1-7(3-4-8)11(9)12/h5-8,13-14H,1-4H2. The molecule has 3 aliphatic rings. The largest absolute Gasteiger partial charge is 0.508 e. The van der Waals surface area contributed by atoms with Crippen LogP contribution < -0.4 is 0 Å². The molecule has 2 bridgehead atoms. The van der Waals surface area contributed by atoms with Crippen LogP contribution in [0.5, 0.6) is 11.5 Å². The molecule has 1 fully saturated rings. The number of benzene rings is 1. The van der Waals surface area contributed by atoms with Crippen LogP contribution in [0.15, 0.2) is 12.1 Å². The van der Waals surface area contributed by atoms with Crippen LogP contribution in [-0.2, 0) is 0 Å². The van der Waals surface area contributed by atoms with E-state index in [1.54, 1.807) is 12.1 Å². The van der Waals surface area contributed by atoms with Gasteiger partial charge in [0.05, 0.1) is 0 Å². The lowest BCUT2D eigenvalue weighted by atomic mass is 9.66. The molecule has 2 nitrogen and oxygen atoms in total. The van der Waals surface area contributed by atoms with E-state index in [1.165, 1.54) is 25.7 Å². The molecule has 1 saturated carbocycles. The highest BCUT2D eigenvalue weighted by atomic mass is 16.3. The summed E-state index contributed by atoms with van der Waals surface area (Å²) in [5.74, 6) is 1.74. The van der Waals surface area contributed by atoms with E-state index in [1.807, 2.05) is 0 Å². The molecular weight excluding hydrogens is 176 g/mol. The smallest absolute Gasteiger partial charge is 0.119 e. The van der Waals surface area contributed by atoms with Crippen LogP contribution >= 0.6 is 0 Å². The van der Waals surface area contributed by atoms with Gasteiger partial charge in [0, 0.05) is 11.1 Å². The summed E-state index contributed by atoms with van der Waals surface area (Å²) in [5.41, 5.74) is 2.07. The Bertz CT molecular complexity index is 339. The fraction of sp³-hybridized carbons (Fsp3) is 0.500. The third kappa shape index (κ3) is 0.912. The van der Waals surface area contributed by atoms with E-state index in [0.29, 0.717) is 23.3 Å². The Labute approximate surface area is 83.2 Å². The minimum Gasteiger partial charge on any atom is -0.508 e. The average Bonchev–Trinajstić information content (AvgIpc) is 2.25. The quantitative estimate of drug-likeness (QED) is 0.617. The molecular formula is C12H14O2. The van der Waals surface area contributed by atoms with Crippen LogP contribution in [0.25, 0.3) is 0 Å². The fourth-order valence-corrected chi connectivity index (χ4v) is 3.14. The first-order valence-corrected chi connectivity index (χ1v) is 5.32. The molecule has 0 heterocycles. The number of phenolic OH excluding ortho intramolecular Hbond substituents is 2. The highest BCUT2D eigenvalue weighted by molar-refractivity contribution is 5.53. The number of hydrogen-bond donors (Lipinski definition) is 2. The second-order valence-electron chi connectivity index (χ2n) is 4.48. The first kappa shape index (κ1) is 8.16. The molecule has 2 N–H and O–H groups in total. The molecule has 2 heteroatoms. The van der Waals surface area contributed by atoms with Gasteiger partial charge in [0.25, 0.3) is 0 Å². The van der Waals surface area contributed by atoms with Gasteiger partial charge in [-0.05, 0) is 49.7 Å². The summed E-state index contributed by atoms with van der Waals surface area (Å²) in [6.45, 7) is 0. The normalized spacial score (nSPS) is 28.9. The van der Waals surface area contributed by atoms with Crippen molar-refractivity contribution in [3.05, 3.63) is 23.3 Å². The van der Waals surface area contributed by atoms with E-state index >= 15 is 0 Å². The topological polar surface area (TPSA) is 40.5 Å². The van der Waals surface area contributed by atoms with Crippen molar-refractivity contribution in [3.63, 3.8) is 0 Å².